The molecule has 164 valence electrons. The molecule has 1 saturated heterocycles. The minimum Gasteiger partial charge on any atom is -0.405 e. The van der Waals surface area contributed by atoms with Crippen molar-refractivity contribution in [3.05, 3.63) is 48.3 Å². The highest BCUT2D eigenvalue weighted by atomic mass is 19.4. The van der Waals surface area contributed by atoms with Crippen LogP contribution in [-0.4, -0.2) is 44.4 Å². The second-order valence-electron chi connectivity index (χ2n) is 7.15. The van der Waals surface area contributed by atoms with Gasteiger partial charge in [-0.05, 0) is 37.5 Å². The van der Waals surface area contributed by atoms with Crippen LogP contribution in [0.5, 0.6) is 5.75 Å². The number of hydrogen-bond donors (Lipinski definition) is 1. The number of nitrogens with one attached hydrogen (secondary N) is 1. The number of amides is 1. The van der Waals surface area contributed by atoms with E-state index in [0.29, 0.717) is 17.9 Å². The van der Waals surface area contributed by atoms with Gasteiger partial charge in [0.05, 0.1) is 18.4 Å². The molecule has 4 rings (SSSR count). The fraction of sp³-hybridized carbons (Fsp3) is 0.368. The first-order valence-corrected chi connectivity index (χ1v) is 9.49. The van der Waals surface area contributed by atoms with E-state index in [1.807, 2.05) is 4.90 Å². The molecule has 1 N–H and O–H groups in total. The number of anilines is 1. The Morgan fingerprint density at radius 1 is 1.32 bits per heavy atom. The van der Waals surface area contributed by atoms with Crippen molar-refractivity contribution in [3.8, 4) is 5.75 Å². The Balaban J connectivity index is 1.57. The van der Waals surface area contributed by atoms with Crippen LogP contribution in [0.2, 0.25) is 0 Å². The molecule has 0 aliphatic carbocycles. The third kappa shape index (κ3) is 4.37. The van der Waals surface area contributed by atoms with Crippen LogP contribution in [0.3, 0.4) is 0 Å². The minimum absolute atomic E-state index is 0.0862. The van der Waals surface area contributed by atoms with Gasteiger partial charge in [0, 0.05) is 18.9 Å². The van der Waals surface area contributed by atoms with Gasteiger partial charge in [0.25, 0.3) is 0 Å². The van der Waals surface area contributed by atoms with Crippen LogP contribution in [0.1, 0.15) is 31.4 Å². The SMILES string of the molecule is C[C@H](NC(=O)Oc1cnn2ccc(N3CCC[C@@H]3c3cncc(F)c3)nc12)C(F)(F)F. The maximum absolute atomic E-state index is 13.6. The van der Waals surface area contributed by atoms with Crippen LogP contribution in [0, 0.1) is 5.82 Å². The highest BCUT2D eigenvalue weighted by Crippen LogP contribution is 2.35. The highest BCUT2D eigenvalue weighted by Gasteiger charge is 2.37. The predicted octanol–water partition coefficient (Wildman–Crippen LogP) is 3.64. The van der Waals surface area contributed by atoms with Crippen LogP contribution in [-0.2, 0) is 0 Å². The largest absolute Gasteiger partial charge is 0.413 e. The lowest BCUT2D eigenvalue weighted by Crippen LogP contribution is -2.44. The molecule has 0 unspecified atom stereocenters. The van der Waals surface area contributed by atoms with Crippen molar-refractivity contribution in [2.45, 2.75) is 38.0 Å². The van der Waals surface area contributed by atoms with Gasteiger partial charge >= 0.3 is 12.3 Å². The van der Waals surface area contributed by atoms with Gasteiger partial charge in [0.15, 0.2) is 5.75 Å². The molecule has 1 amide bonds. The van der Waals surface area contributed by atoms with E-state index in [0.717, 1.165) is 26.0 Å². The van der Waals surface area contributed by atoms with Crippen LogP contribution in [0.15, 0.2) is 36.9 Å². The van der Waals surface area contributed by atoms with Gasteiger partial charge in [0.1, 0.15) is 17.7 Å². The van der Waals surface area contributed by atoms with Crippen molar-refractivity contribution in [1.82, 2.24) is 24.9 Å². The minimum atomic E-state index is -4.60. The smallest absolute Gasteiger partial charge is 0.405 e. The van der Waals surface area contributed by atoms with E-state index in [1.54, 1.807) is 23.8 Å². The quantitative estimate of drug-likeness (QED) is 0.626. The van der Waals surface area contributed by atoms with E-state index in [4.69, 9.17) is 4.74 Å². The highest BCUT2D eigenvalue weighted by molar-refractivity contribution is 5.73. The van der Waals surface area contributed by atoms with Gasteiger partial charge in [-0.3, -0.25) is 4.98 Å². The molecule has 1 fully saturated rings. The molecule has 2 atom stereocenters. The molecule has 0 spiro atoms. The summed E-state index contributed by atoms with van der Waals surface area (Å²) in [4.78, 5) is 22.2. The molecule has 1 aliphatic rings. The molecule has 31 heavy (non-hydrogen) atoms. The number of pyridine rings is 1. The summed E-state index contributed by atoms with van der Waals surface area (Å²) in [5, 5.41) is 5.73. The number of ether oxygens (including phenoxy) is 1. The molecule has 1 aliphatic heterocycles. The van der Waals surface area contributed by atoms with Crippen LogP contribution >= 0.6 is 0 Å². The predicted molar refractivity (Wildman–Crippen MR) is 101 cm³/mol. The van der Waals surface area contributed by atoms with Crippen LogP contribution < -0.4 is 15.0 Å². The zero-order valence-corrected chi connectivity index (χ0v) is 16.3. The first-order valence-electron chi connectivity index (χ1n) is 9.49. The molecule has 4 heterocycles. The van der Waals surface area contributed by atoms with Crippen molar-refractivity contribution in [1.29, 1.82) is 0 Å². The molecule has 0 bridgehead atoms. The maximum Gasteiger partial charge on any atom is 0.413 e. The monoisotopic (exact) mass is 438 g/mol. The second kappa shape index (κ2) is 8.00. The lowest BCUT2D eigenvalue weighted by atomic mass is 10.1. The average molecular weight is 438 g/mol. The van der Waals surface area contributed by atoms with Crippen LogP contribution in [0.25, 0.3) is 5.65 Å². The van der Waals surface area contributed by atoms with Gasteiger partial charge in [-0.25, -0.2) is 18.7 Å². The van der Waals surface area contributed by atoms with Crippen molar-refractivity contribution in [3.63, 3.8) is 0 Å². The Bertz CT molecular complexity index is 1100. The summed E-state index contributed by atoms with van der Waals surface area (Å²) in [5.41, 5.74) is 0.875. The van der Waals surface area contributed by atoms with Gasteiger partial charge in [0.2, 0.25) is 5.65 Å². The summed E-state index contributed by atoms with van der Waals surface area (Å²) in [6.07, 6.45) is 1.30. The number of fused-ring (bicyclic) bond motifs is 1. The number of hydrogen-bond acceptors (Lipinski definition) is 6. The Kier molecular flexibility index (Phi) is 5.38. The molecule has 0 radical (unpaired) electrons. The third-order valence-corrected chi connectivity index (χ3v) is 5.01. The fourth-order valence-corrected chi connectivity index (χ4v) is 3.46. The Hall–Kier alpha value is -3.44. The van der Waals surface area contributed by atoms with Gasteiger partial charge in [-0.1, -0.05) is 0 Å². The van der Waals surface area contributed by atoms with E-state index in [1.165, 1.54) is 16.8 Å². The van der Waals surface area contributed by atoms with Gasteiger partial charge in [-0.15, -0.1) is 0 Å². The van der Waals surface area contributed by atoms with E-state index in [-0.39, 0.29) is 17.4 Å². The topological polar surface area (TPSA) is 84.6 Å². The molecule has 3 aromatic heterocycles. The summed E-state index contributed by atoms with van der Waals surface area (Å²) in [6.45, 7) is 1.47. The lowest BCUT2D eigenvalue weighted by Gasteiger charge is -2.26. The number of rotatable bonds is 4. The molecule has 12 heteroatoms. The van der Waals surface area contributed by atoms with E-state index < -0.39 is 24.1 Å². The lowest BCUT2D eigenvalue weighted by molar-refractivity contribution is -0.149. The fourth-order valence-electron chi connectivity index (χ4n) is 3.46. The number of alkyl halides is 3. The molecule has 3 aromatic rings. The number of carbonyl (C=O) groups is 1. The van der Waals surface area contributed by atoms with Crippen molar-refractivity contribution in [2.75, 3.05) is 11.4 Å². The zero-order valence-electron chi connectivity index (χ0n) is 16.3. The molecular weight excluding hydrogens is 420 g/mol. The summed E-state index contributed by atoms with van der Waals surface area (Å²) in [7, 11) is 0. The van der Waals surface area contributed by atoms with E-state index >= 15 is 0 Å². The maximum atomic E-state index is 13.6. The summed E-state index contributed by atoms with van der Waals surface area (Å²) in [6, 6.07) is 0.922. The Morgan fingerprint density at radius 3 is 2.87 bits per heavy atom. The van der Waals surface area contributed by atoms with E-state index in [9.17, 15) is 22.4 Å². The van der Waals surface area contributed by atoms with E-state index in [2.05, 4.69) is 15.1 Å². The Morgan fingerprint density at radius 2 is 2.13 bits per heavy atom. The third-order valence-electron chi connectivity index (χ3n) is 5.01. The molecule has 8 nitrogen and oxygen atoms in total. The molecular formula is C19H18F4N6O2. The van der Waals surface area contributed by atoms with Crippen molar-refractivity contribution in [2.24, 2.45) is 0 Å². The summed E-state index contributed by atoms with van der Waals surface area (Å²) < 4.78 is 57.9. The number of aromatic nitrogens is 4. The number of nitrogens with zero attached hydrogens (tertiary/aromatic N) is 5. The molecule has 0 aromatic carbocycles. The normalized spacial score (nSPS) is 17.7. The zero-order chi connectivity index (χ0) is 22.2. The molecule has 0 saturated carbocycles. The van der Waals surface area contributed by atoms with Gasteiger partial charge in [-0.2, -0.15) is 18.3 Å². The average Bonchev–Trinajstić information content (AvgIpc) is 3.34. The van der Waals surface area contributed by atoms with Crippen molar-refractivity contribution >= 4 is 17.6 Å². The number of carbonyl (C=O) groups excluding carboxylic acids is 1. The first-order chi connectivity index (χ1) is 14.7. The van der Waals surface area contributed by atoms with Crippen molar-refractivity contribution < 1.29 is 27.1 Å². The Labute approximate surface area is 173 Å². The van der Waals surface area contributed by atoms with Crippen LogP contribution in [0.4, 0.5) is 28.2 Å². The standard InChI is InChI=1S/C19H18F4N6O2/c1-11(19(21,22)23)26-18(30)31-15-10-25-29-6-4-16(27-17(15)29)28-5-2-3-14(28)12-7-13(20)9-24-8-12/h4,6-11,14H,2-3,5H2,1H3,(H,26,30)/t11-,14+/m0/s1. The number of halogens is 4. The summed E-state index contributed by atoms with van der Waals surface area (Å²) in [5.74, 6) is 0.0175. The van der Waals surface area contributed by atoms with Gasteiger partial charge < -0.3 is 15.0 Å². The first kappa shape index (κ1) is 20.8. The summed E-state index contributed by atoms with van der Waals surface area (Å²) >= 11 is 0. The second-order valence-corrected chi connectivity index (χ2v) is 7.15.